The highest BCUT2D eigenvalue weighted by Crippen LogP contribution is 2.27. The van der Waals surface area contributed by atoms with Crippen molar-refractivity contribution in [2.45, 2.75) is 31.7 Å². The van der Waals surface area contributed by atoms with E-state index < -0.39 is 0 Å². The Hall–Kier alpha value is -1.40. The van der Waals surface area contributed by atoms with E-state index in [1.165, 1.54) is 5.69 Å². The summed E-state index contributed by atoms with van der Waals surface area (Å²) in [5, 5.41) is 4.67. The van der Waals surface area contributed by atoms with Crippen molar-refractivity contribution in [3.8, 4) is 0 Å². The van der Waals surface area contributed by atoms with Gasteiger partial charge in [-0.2, -0.15) is 5.10 Å². The first kappa shape index (κ1) is 17.0. The Labute approximate surface area is 133 Å². The standard InChI is InChI=1S/C16H28N4O2/c1-18(2)12-14-10-15(17-19(14)3)13-6-5-8-20(11-13)16(21)7-9-22-4/h10,13H,5-9,11-12H2,1-4H3/t13-/m0/s1. The summed E-state index contributed by atoms with van der Waals surface area (Å²) < 4.78 is 6.96. The summed E-state index contributed by atoms with van der Waals surface area (Å²) in [7, 11) is 7.74. The molecule has 0 aromatic carbocycles. The van der Waals surface area contributed by atoms with E-state index in [-0.39, 0.29) is 5.91 Å². The van der Waals surface area contributed by atoms with Crippen molar-refractivity contribution in [3.05, 3.63) is 17.5 Å². The number of ether oxygens (including phenoxy) is 1. The zero-order valence-corrected chi connectivity index (χ0v) is 14.2. The molecule has 1 aliphatic rings. The van der Waals surface area contributed by atoms with Gasteiger partial charge in [0.05, 0.1) is 24.4 Å². The van der Waals surface area contributed by atoms with Gasteiger partial charge in [-0.25, -0.2) is 0 Å². The fourth-order valence-corrected chi connectivity index (χ4v) is 2.99. The molecule has 2 heterocycles. The first-order valence-electron chi connectivity index (χ1n) is 7.95. The molecule has 0 bridgehead atoms. The maximum Gasteiger partial charge on any atom is 0.224 e. The Balaban J connectivity index is 2.01. The highest BCUT2D eigenvalue weighted by molar-refractivity contribution is 5.76. The minimum atomic E-state index is 0.191. The Morgan fingerprint density at radius 3 is 2.95 bits per heavy atom. The van der Waals surface area contributed by atoms with E-state index in [4.69, 9.17) is 4.74 Å². The summed E-state index contributed by atoms with van der Waals surface area (Å²) in [6.07, 6.45) is 2.62. The lowest BCUT2D eigenvalue weighted by molar-refractivity contribution is -0.133. The first-order valence-corrected chi connectivity index (χ1v) is 7.95. The third-order valence-electron chi connectivity index (χ3n) is 4.19. The fraction of sp³-hybridized carbons (Fsp3) is 0.750. The van der Waals surface area contributed by atoms with E-state index in [0.29, 0.717) is 18.9 Å². The van der Waals surface area contributed by atoms with Crippen LogP contribution in [0.3, 0.4) is 0 Å². The molecule has 1 aromatic rings. The van der Waals surface area contributed by atoms with Crippen LogP contribution in [0.4, 0.5) is 0 Å². The minimum absolute atomic E-state index is 0.191. The summed E-state index contributed by atoms with van der Waals surface area (Å²) in [5.74, 6) is 0.540. The molecule has 6 heteroatoms. The lowest BCUT2D eigenvalue weighted by atomic mass is 9.94. The van der Waals surface area contributed by atoms with Crippen LogP contribution in [0.15, 0.2) is 6.07 Å². The number of methoxy groups -OCH3 is 1. The smallest absolute Gasteiger partial charge is 0.224 e. The number of carbonyl (C=O) groups excluding carboxylic acids is 1. The maximum absolute atomic E-state index is 12.2. The third-order valence-corrected chi connectivity index (χ3v) is 4.19. The molecule has 1 fully saturated rings. The van der Waals surface area contributed by atoms with Gasteiger partial charge in [-0.05, 0) is 33.0 Å². The largest absolute Gasteiger partial charge is 0.384 e. The van der Waals surface area contributed by atoms with Crippen LogP contribution in [0.2, 0.25) is 0 Å². The number of likely N-dealkylation sites (tertiary alicyclic amines) is 1. The quantitative estimate of drug-likeness (QED) is 0.793. The SMILES string of the molecule is COCCC(=O)N1CCC[C@H](c2cc(CN(C)C)n(C)n2)C1. The number of nitrogens with zero attached hydrogens (tertiary/aromatic N) is 4. The van der Waals surface area contributed by atoms with E-state index in [9.17, 15) is 4.79 Å². The van der Waals surface area contributed by atoms with Gasteiger partial charge in [0.1, 0.15) is 0 Å². The number of carbonyl (C=O) groups is 1. The molecular formula is C16H28N4O2. The van der Waals surface area contributed by atoms with Crippen LogP contribution in [0.5, 0.6) is 0 Å². The summed E-state index contributed by atoms with van der Waals surface area (Å²) in [6, 6.07) is 2.19. The van der Waals surface area contributed by atoms with E-state index in [1.807, 2.05) is 16.6 Å². The normalized spacial score (nSPS) is 19.0. The van der Waals surface area contributed by atoms with Crippen molar-refractivity contribution >= 4 is 5.91 Å². The molecule has 0 aliphatic carbocycles. The molecule has 1 atom stereocenters. The molecule has 22 heavy (non-hydrogen) atoms. The number of amides is 1. The molecule has 1 aliphatic heterocycles. The average molecular weight is 308 g/mol. The van der Waals surface area contributed by atoms with Crippen molar-refractivity contribution < 1.29 is 9.53 Å². The monoisotopic (exact) mass is 308 g/mol. The molecule has 0 saturated carbocycles. The average Bonchev–Trinajstić information content (AvgIpc) is 2.85. The predicted octanol–water partition coefficient (Wildman–Crippen LogP) is 1.22. The van der Waals surface area contributed by atoms with Gasteiger partial charge in [0.15, 0.2) is 0 Å². The van der Waals surface area contributed by atoms with Crippen LogP contribution in [-0.2, 0) is 23.1 Å². The molecule has 124 valence electrons. The number of hydrogen-bond donors (Lipinski definition) is 0. The number of piperidine rings is 1. The van der Waals surface area contributed by atoms with E-state index >= 15 is 0 Å². The first-order chi connectivity index (χ1) is 10.5. The molecule has 1 aromatic heterocycles. The topological polar surface area (TPSA) is 50.6 Å². The molecule has 1 saturated heterocycles. The van der Waals surface area contributed by atoms with E-state index in [1.54, 1.807) is 7.11 Å². The maximum atomic E-state index is 12.2. The van der Waals surface area contributed by atoms with Crippen molar-refractivity contribution in [2.75, 3.05) is 40.9 Å². The number of rotatable bonds is 6. The molecule has 0 radical (unpaired) electrons. The lowest BCUT2D eigenvalue weighted by Gasteiger charge is -2.32. The highest BCUT2D eigenvalue weighted by atomic mass is 16.5. The summed E-state index contributed by atoms with van der Waals surface area (Å²) in [4.78, 5) is 16.3. The zero-order chi connectivity index (χ0) is 16.1. The van der Waals surface area contributed by atoms with Crippen LogP contribution in [-0.4, -0.2) is 66.4 Å². The Morgan fingerprint density at radius 2 is 2.27 bits per heavy atom. The highest BCUT2D eigenvalue weighted by Gasteiger charge is 2.26. The van der Waals surface area contributed by atoms with Gasteiger partial charge in [0, 0.05) is 39.7 Å². The third kappa shape index (κ3) is 4.30. The Morgan fingerprint density at radius 1 is 1.50 bits per heavy atom. The van der Waals surface area contributed by atoms with Gasteiger partial charge in [0.25, 0.3) is 0 Å². The summed E-state index contributed by atoms with van der Waals surface area (Å²) >= 11 is 0. The molecule has 0 unspecified atom stereocenters. The lowest BCUT2D eigenvalue weighted by Crippen LogP contribution is -2.39. The second-order valence-corrected chi connectivity index (χ2v) is 6.34. The van der Waals surface area contributed by atoms with E-state index in [2.05, 4.69) is 30.2 Å². The van der Waals surface area contributed by atoms with Crippen LogP contribution in [0.1, 0.15) is 36.6 Å². The Kier molecular flexibility index (Phi) is 5.97. The van der Waals surface area contributed by atoms with Gasteiger partial charge in [-0.3, -0.25) is 9.48 Å². The van der Waals surface area contributed by atoms with Gasteiger partial charge < -0.3 is 14.5 Å². The van der Waals surface area contributed by atoms with Crippen LogP contribution < -0.4 is 0 Å². The summed E-state index contributed by atoms with van der Waals surface area (Å²) in [5.41, 5.74) is 2.33. The summed E-state index contributed by atoms with van der Waals surface area (Å²) in [6.45, 7) is 3.01. The Bertz CT molecular complexity index is 498. The van der Waals surface area contributed by atoms with Crippen molar-refractivity contribution in [1.29, 1.82) is 0 Å². The zero-order valence-electron chi connectivity index (χ0n) is 14.2. The van der Waals surface area contributed by atoms with Crippen molar-refractivity contribution in [1.82, 2.24) is 19.6 Å². The van der Waals surface area contributed by atoms with Crippen molar-refractivity contribution in [2.24, 2.45) is 7.05 Å². The fourth-order valence-electron chi connectivity index (χ4n) is 2.99. The number of aryl methyl sites for hydroxylation is 1. The van der Waals surface area contributed by atoms with Crippen LogP contribution in [0, 0.1) is 0 Å². The van der Waals surface area contributed by atoms with Crippen LogP contribution in [0.25, 0.3) is 0 Å². The van der Waals surface area contributed by atoms with Crippen LogP contribution >= 0.6 is 0 Å². The minimum Gasteiger partial charge on any atom is -0.384 e. The molecule has 2 rings (SSSR count). The van der Waals surface area contributed by atoms with E-state index in [0.717, 1.165) is 38.2 Å². The molecule has 6 nitrogen and oxygen atoms in total. The van der Waals surface area contributed by atoms with Gasteiger partial charge in [-0.15, -0.1) is 0 Å². The second kappa shape index (κ2) is 7.74. The molecule has 1 amide bonds. The van der Waals surface area contributed by atoms with Gasteiger partial charge in [-0.1, -0.05) is 0 Å². The second-order valence-electron chi connectivity index (χ2n) is 6.34. The van der Waals surface area contributed by atoms with Gasteiger partial charge in [0.2, 0.25) is 5.91 Å². The predicted molar refractivity (Wildman–Crippen MR) is 85.6 cm³/mol. The molecule has 0 N–H and O–H groups in total. The molecular weight excluding hydrogens is 280 g/mol. The van der Waals surface area contributed by atoms with Crippen molar-refractivity contribution in [3.63, 3.8) is 0 Å². The van der Waals surface area contributed by atoms with Gasteiger partial charge >= 0.3 is 0 Å². The number of hydrogen-bond acceptors (Lipinski definition) is 4. The molecule has 0 spiro atoms. The number of aromatic nitrogens is 2.